The van der Waals surface area contributed by atoms with Gasteiger partial charge in [-0.15, -0.1) is 24.0 Å². The molecular formula is C24H35IN4O3. The lowest BCUT2D eigenvalue weighted by Gasteiger charge is -2.26. The normalized spacial score (nSPS) is 14.4. The fourth-order valence-corrected chi connectivity index (χ4v) is 3.35. The van der Waals surface area contributed by atoms with Crippen LogP contribution in [-0.4, -0.2) is 82.5 Å². The van der Waals surface area contributed by atoms with Gasteiger partial charge in [0.05, 0.1) is 19.8 Å². The second-order valence-corrected chi connectivity index (χ2v) is 7.43. The molecule has 7 nitrogen and oxygen atoms in total. The van der Waals surface area contributed by atoms with Crippen molar-refractivity contribution >= 4 is 29.9 Å². The monoisotopic (exact) mass is 554 g/mol. The molecule has 1 aliphatic heterocycles. The number of nitrogens with one attached hydrogen (secondary N) is 1. The van der Waals surface area contributed by atoms with E-state index < -0.39 is 0 Å². The number of likely N-dealkylation sites (N-methyl/N-ethyl adjacent to an activating group) is 1. The van der Waals surface area contributed by atoms with E-state index in [0.717, 1.165) is 62.4 Å². The smallest absolute Gasteiger partial charge is 0.193 e. The van der Waals surface area contributed by atoms with Gasteiger partial charge in [0.25, 0.3) is 0 Å². The maximum absolute atomic E-state index is 5.96. The van der Waals surface area contributed by atoms with Gasteiger partial charge in [0.2, 0.25) is 0 Å². The van der Waals surface area contributed by atoms with Gasteiger partial charge in [-0.2, -0.15) is 0 Å². The lowest BCUT2D eigenvalue weighted by molar-refractivity contribution is 0.0322. The van der Waals surface area contributed by atoms with Crippen LogP contribution in [0.3, 0.4) is 0 Å². The van der Waals surface area contributed by atoms with Crippen molar-refractivity contribution in [1.29, 1.82) is 0 Å². The molecular weight excluding hydrogens is 519 g/mol. The quantitative estimate of drug-likeness (QED) is 0.277. The van der Waals surface area contributed by atoms with Crippen LogP contribution in [0.1, 0.15) is 5.56 Å². The van der Waals surface area contributed by atoms with Gasteiger partial charge in [0, 0.05) is 40.3 Å². The highest BCUT2D eigenvalue weighted by Crippen LogP contribution is 2.13. The summed E-state index contributed by atoms with van der Waals surface area (Å²) in [5.41, 5.74) is 1.15. The molecule has 2 aromatic rings. The summed E-state index contributed by atoms with van der Waals surface area (Å²) in [6, 6.07) is 18.1. The second-order valence-electron chi connectivity index (χ2n) is 7.43. The number of morpholine rings is 1. The fraction of sp³-hybridized carbons (Fsp3) is 0.458. The van der Waals surface area contributed by atoms with Crippen LogP contribution in [0.5, 0.6) is 11.5 Å². The first-order chi connectivity index (χ1) is 15.2. The van der Waals surface area contributed by atoms with Gasteiger partial charge in [0.15, 0.2) is 5.96 Å². The summed E-state index contributed by atoms with van der Waals surface area (Å²) in [5, 5.41) is 3.41. The molecule has 0 unspecified atom stereocenters. The van der Waals surface area contributed by atoms with Crippen molar-refractivity contribution in [1.82, 2.24) is 15.1 Å². The lowest BCUT2D eigenvalue weighted by atomic mass is 10.2. The van der Waals surface area contributed by atoms with Crippen molar-refractivity contribution in [2.24, 2.45) is 4.99 Å². The van der Waals surface area contributed by atoms with E-state index >= 15 is 0 Å². The van der Waals surface area contributed by atoms with Crippen molar-refractivity contribution in [3.8, 4) is 11.5 Å². The van der Waals surface area contributed by atoms with Crippen LogP contribution < -0.4 is 14.8 Å². The highest BCUT2D eigenvalue weighted by atomic mass is 127. The number of halogens is 1. The Labute approximate surface area is 208 Å². The van der Waals surface area contributed by atoms with Crippen LogP contribution in [0.2, 0.25) is 0 Å². The third-order valence-corrected chi connectivity index (χ3v) is 5.14. The third kappa shape index (κ3) is 9.22. The molecule has 3 rings (SSSR count). The highest BCUT2D eigenvalue weighted by Gasteiger charge is 2.10. The Balaban J connectivity index is 0.00000363. The van der Waals surface area contributed by atoms with Gasteiger partial charge in [-0.1, -0.05) is 30.3 Å². The summed E-state index contributed by atoms with van der Waals surface area (Å²) >= 11 is 0. The van der Waals surface area contributed by atoms with Gasteiger partial charge in [-0.05, 0) is 29.8 Å². The Hall–Kier alpha value is -2.04. The van der Waals surface area contributed by atoms with Gasteiger partial charge < -0.3 is 24.4 Å². The number of benzene rings is 2. The van der Waals surface area contributed by atoms with Crippen LogP contribution in [0, 0.1) is 0 Å². The molecule has 1 fully saturated rings. The summed E-state index contributed by atoms with van der Waals surface area (Å²) in [5.74, 6) is 2.60. The van der Waals surface area contributed by atoms with E-state index in [1.165, 1.54) is 0 Å². The SMILES string of the molecule is CN=C(NCc1cccc(OCCN2CCOCC2)c1)N(C)CCOc1ccccc1.I. The summed E-state index contributed by atoms with van der Waals surface area (Å²) in [7, 11) is 3.80. The Bertz CT molecular complexity index is 801. The number of nitrogens with zero attached hydrogens (tertiary/aromatic N) is 3. The van der Waals surface area contributed by atoms with Crippen molar-refractivity contribution in [3.05, 3.63) is 60.2 Å². The summed E-state index contributed by atoms with van der Waals surface area (Å²) in [4.78, 5) is 8.81. The van der Waals surface area contributed by atoms with E-state index in [4.69, 9.17) is 14.2 Å². The molecule has 1 aliphatic rings. The Morgan fingerprint density at radius 1 is 1.03 bits per heavy atom. The van der Waals surface area contributed by atoms with E-state index in [1.807, 2.05) is 49.5 Å². The molecule has 0 bridgehead atoms. The number of ether oxygens (including phenoxy) is 3. The molecule has 1 N–H and O–H groups in total. The molecule has 0 atom stereocenters. The van der Waals surface area contributed by atoms with Gasteiger partial charge in [-0.25, -0.2) is 0 Å². The topological polar surface area (TPSA) is 58.6 Å². The van der Waals surface area contributed by atoms with Gasteiger partial charge in [0.1, 0.15) is 24.7 Å². The molecule has 0 spiro atoms. The average Bonchev–Trinajstić information content (AvgIpc) is 2.81. The number of aliphatic imine (C=N–C) groups is 1. The number of guanidine groups is 1. The fourth-order valence-electron chi connectivity index (χ4n) is 3.35. The number of rotatable bonds is 10. The maximum Gasteiger partial charge on any atom is 0.193 e. The molecule has 176 valence electrons. The first kappa shape index (κ1) is 26.2. The molecule has 32 heavy (non-hydrogen) atoms. The van der Waals surface area contributed by atoms with Gasteiger partial charge >= 0.3 is 0 Å². The first-order valence-corrected chi connectivity index (χ1v) is 10.9. The molecule has 0 aromatic heterocycles. The standard InChI is InChI=1S/C24H34N4O3.HI/c1-25-24(27(2)11-17-30-22-8-4-3-5-9-22)26-20-21-7-6-10-23(19-21)31-18-14-28-12-15-29-16-13-28;/h3-10,19H,11-18,20H2,1-2H3,(H,25,26);1H. The Morgan fingerprint density at radius 2 is 1.75 bits per heavy atom. The van der Waals surface area contributed by atoms with E-state index in [1.54, 1.807) is 7.05 Å². The van der Waals surface area contributed by atoms with Crippen molar-refractivity contribution in [2.75, 3.05) is 66.7 Å². The van der Waals surface area contributed by atoms with Crippen LogP contribution in [0.25, 0.3) is 0 Å². The van der Waals surface area contributed by atoms with Crippen LogP contribution in [-0.2, 0) is 11.3 Å². The molecule has 1 heterocycles. The summed E-state index contributed by atoms with van der Waals surface area (Å²) in [6.07, 6.45) is 0. The predicted molar refractivity (Wildman–Crippen MR) is 139 cm³/mol. The molecule has 8 heteroatoms. The molecule has 0 aliphatic carbocycles. The van der Waals surface area contributed by atoms with E-state index in [0.29, 0.717) is 19.8 Å². The molecule has 0 amide bonds. The Morgan fingerprint density at radius 3 is 2.50 bits per heavy atom. The maximum atomic E-state index is 5.96. The van der Waals surface area contributed by atoms with Crippen LogP contribution in [0.15, 0.2) is 59.6 Å². The lowest BCUT2D eigenvalue weighted by Crippen LogP contribution is -2.40. The van der Waals surface area contributed by atoms with Crippen LogP contribution in [0.4, 0.5) is 0 Å². The van der Waals surface area contributed by atoms with Crippen molar-refractivity contribution in [3.63, 3.8) is 0 Å². The van der Waals surface area contributed by atoms with E-state index in [2.05, 4.69) is 32.2 Å². The minimum atomic E-state index is 0. The second kappa shape index (κ2) is 14.9. The third-order valence-electron chi connectivity index (χ3n) is 5.14. The largest absolute Gasteiger partial charge is 0.492 e. The first-order valence-electron chi connectivity index (χ1n) is 10.9. The average molecular weight is 554 g/mol. The highest BCUT2D eigenvalue weighted by molar-refractivity contribution is 14.0. The zero-order valence-electron chi connectivity index (χ0n) is 19.0. The zero-order valence-corrected chi connectivity index (χ0v) is 21.4. The summed E-state index contributed by atoms with van der Waals surface area (Å²) in [6.45, 7) is 7.21. The van der Waals surface area contributed by atoms with Crippen molar-refractivity contribution in [2.45, 2.75) is 6.54 Å². The van der Waals surface area contributed by atoms with Crippen LogP contribution >= 0.6 is 24.0 Å². The van der Waals surface area contributed by atoms with E-state index in [-0.39, 0.29) is 24.0 Å². The Kier molecular flexibility index (Phi) is 12.2. The molecule has 0 radical (unpaired) electrons. The molecule has 1 saturated heterocycles. The molecule has 2 aromatic carbocycles. The zero-order chi connectivity index (χ0) is 21.7. The summed E-state index contributed by atoms with van der Waals surface area (Å²) < 4.78 is 17.1. The van der Waals surface area contributed by atoms with Crippen molar-refractivity contribution < 1.29 is 14.2 Å². The molecule has 0 saturated carbocycles. The number of para-hydroxylation sites is 1. The number of hydrogen-bond donors (Lipinski definition) is 1. The number of hydrogen-bond acceptors (Lipinski definition) is 5. The minimum absolute atomic E-state index is 0. The van der Waals surface area contributed by atoms with E-state index in [9.17, 15) is 0 Å². The predicted octanol–water partition coefficient (Wildman–Crippen LogP) is 3.10. The minimum Gasteiger partial charge on any atom is -0.492 e. The van der Waals surface area contributed by atoms with Gasteiger partial charge in [-0.3, -0.25) is 9.89 Å².